The highest BCUT2D eigenvalue weighted by Gasteiger charge is 2.12. The predicted octanol–water partition coefficient (Wildman–Crippen LogP) is 4.33. The Labute approximate surface area is 118 Å². The van der Waals surface area contributed by atoms with E-state index < -0.39 is 5.97 Å². The first kappa shape index (κ1) is 13.2. The molecule has 2 aromatic rings. The Hall–Kier alpha value is -1.23. The molecule has 2 rings (SSSR count). The Bertz CT molecular complexity index is 580. The Morgan fingerprint density at radius 3 is 2.67 bits per heavy atom. The summed E-state index contributed by atoms with van der Waals surface area (Å²) in [5.41, 5.74) is 0.0852. The standard InChI is InChI=1S/C12H8Cl2O3S/c13-7-1-3-9(12(15)16)10(5-7)17-6-8-2-4-11(14)18-8/h1-5H,6H2,(H,15,16). The second-order valence-electron chi connectivity index (χ2n) is 3.44. The minimum Gasteiger partial charge on any atom is -0.487 e. The summed E-state index contributed by atoms with van der Waals surface area (Å²) in [6.45, 7) is 0.262. The van der Waals surface area contributed by atoms with Gasteiger partial charge in [0.15, 0.2) is 0 Å². The molecule has 0 saturated heterocycles. The number of thiophene rings is 1. The van der Waals surface area contributed by atoms with Gasteiger partial charge in [0.1, 0.15) is 17.9 Å². The molecule has 0 unspecified atom stereocenters. The second kappa shape index (κ2) is 5.61. The fraction of sp³-hybridized carbons (Fsp3) is 0.0833. The molecule has 0 amide bonds. The molecular weight excluding hydrogens is 295 g/mol. The molecule has 1 N–H and O–H groups in total. The van der Waals surface area contributed by atoms with Crippen LogP contribution in [0.1, 0.15) is 15.2 Å². The van der Waals surface area contributed by atoms with Crippen molar-refractivity contribution < 1.29 is 14.6 Å². The van der Waals surface area contributed by atoms with Crippen LogP contribution in [0.4, 0.5) is 0 Å². The average molecular weight is 303 g/mol. The van der Waals surface area contributed by atoms with Crippen molar-refractivity contribution in [3.8, 4) is 5.75 Å². The maximum absolute atomic E-state index is 11.0. The van der Waals surface area contributed by atoms with Crippen molar-refractivity contribution in [1.82, 2.24) is 0 Å². The molecule has 0 atom stereocenters. The van der Waals surface area contributed by atoms with Gasteiger partial charge in [-0.15, -0.1) is 11.3 Å². The van der Waals surface area contributed by atoms with Crippen LogP contribution in [0.5, 0.6) is 5.75 Å². The van der Waals surface area contributed by atoms with Crippen LogP contribution in [0.3, 0.4) is 0 Å². The number of carbonyl (C=O) groups is 1. The molecule has 1 aromatic carbocycles. The van der Waals surface area contributed by atoms with Gasteiger partial charge in [0.25, 0.3) is 0 Å². The number of benzene rings is 1. The molecule has 6 heteroatoms. The molecule has 1 aromatic heterocycles. The Balaban J connectivity index is 2.17. The van der Waals surface area contributed by atoms with Gasteiger partial charge in [-0.1, -0.05) is 23.2 Å². The second-order valence-corrected chi connectivity index (χ2v) is 5.68. The van der Waals surface area contributed by atoms with Crippen LogP contribution in [-0.2, 0) is 6.61 Å². The molecule has 0 saturated carbocycles. The Morgan fingerprint density at radius 1 is 1.28 bits per heavy atom. The van der Waals surface area contributed by atoms with Crippen LogP contribution in [0.2, 0.25) is 9.36 Å². The minimum absolute atomic E-state index is 0.0852. The summed E-state index contributed by atoms with van der Waals surface area (Å²) in [7, 11) is 0. The molecule has 0 aliphatic carbocycles. The molecule has 0 bridgehead atoms. The van der Waals surface area contributed by atoms with Crippen molar-refractivity contribution >= 4 is 40.5 Å². The number of ether oxygens (including phenoxy) is 1. The van der Waals surface area contributed by atoms with Crippen molar-refractivity contribution in [2.45, 2.75) is 6.61 Å². The monoisotopic (exact) mass is 302 g/mol. The average Bonchev–Trinajstić information content (AvgIpc) is 2.72. The lowest BCUT2D eigenvalue weighted by Crippen LogP contribution is -2.02. The number of hydrogen-bond donors (Lipinski definition) is 1. The summed E-state index contributed by atoms with van der Waals surface area (Å²) in [4.78, 5) is 11.9. The molecule has 1 heterocycles. The van der Waals surface area contributed by atoms with Crippen LogP contribution in [-0.4, -0.2) is 11.1 Å². The molecule has 0 radical (unpaired) electrons. The molecule has 0 aliphatic heterocycles. The fourth-order valence-corrected chi connectivity index (χ4v) is 2.53. The Morgan fingerprint density at radius 2 is 2.06 bits per heavy atom. The first-order chi connectivity index (χ1) is 8.56. The summed E-state index contributed by atoms with van der Waals surface area (Å²) in [5, 5.41) is 9.45. The van der Waals surface area contributed by atoms with Crippen molar-refractivity contribution in [3.05, 3.63) is 50.1 Å². The van der Waals surface area contributed by atoms with Gasteiger partial charge in [-0.05, 0) is 30.3 Å². The number of aromatic carboxylic acids is 1. The largest absolute Gasteiger partial charge is 0.487 e. The van der Waals surface area contributed by atoms with Crippen LogP contribution < -0.4 is 4.74 Å². The fourth-order valence-electron chi connectivity index (χ4n) is 1.37. The highest BCUT2D eigenvalue weighted by Crippen LogP contribution is 2.27. The van der Waals surface area contributed by atoms with Gasteiger partial charge in [0, 0.05) is 9.90 Å². The highest BCUT2D eigenvalue weighted by atomic mass is 35.5. The van der Waals surface area contributed by atoms with E-state index in [0.29, 0.717) is 9.36 Å². The van der Waals surface area contributed by atoms with Gasteiger partial charge in [-0.25, -0.2) is 4.79 Å². The van der Waals surface area contributed by atoms with E-state index in [1.165, 1.54) is 29.5 Å². The zero-order valence-electron chi connectivity index (χ0n) is 9.02. The summed E-state index contributed by atoms with van der Waals surface area (Å²) in [6.07, 6.45) is 0. The van der Waals surface area contributed by atoms with Crippen LogP contribution in [0, 0.1) is 0 Å². The number of carboxylic acid groups (broad SMARTS) is 1. The number of halogens is 2. The SMILES string of the molecule is O=C(O)c1ccc(Cl)cc1OCc1ccc(Cl)s1. The maximum Gasteiger partial charge on any atom is 0.339 e. The molecule has 0 fully saturated rings. The van der Waals surface area contributed by atoms with Crippen molar-refractivity contribution in [3.63, 3.8) is 0 Å². The van der Waals surface area contributed by atoms with Crippen molar-refractivity contribution in [1.29, 1.82) is 0 Å². The smallest absolute Gasteiger partial charge is 0.339 e. The van der Waals surface area contributed by atoms with Crippen molar-refractivity contribution in [2.24, 2.45) is 0 Å². The van der Waals surface area contributed by atoms with Crippen LogP contribution >= 0.6 is 34.5 Å². The highest BCUT2D eigenvalue weighted by molar-refractivity contribution is 7.16. The Kier molecular flexibility index (Phi) is 4.11. The van der Waals surface area contributed by atoms with Gasteiger partial charge in [0.05, 0.1) is 4.34 Å². The lowest BCUT2D eigenvalue weighted by Gasteiger charge is -2.08. The van der Waals surface area contributed by atoms with Gasteiger partial charge in [-0.3, -0.25) is 0 Å². The third-order valence-corrected chi connectivity index (χ3v) is 3.61. The van der Waals surface area contributed by atoms with Gasteiger partial charge in [-0.2, -0.15) is 0 Å². The van der Waals surface area contributed by atoms with Crippen LogP contribution in [0.15, 0.2) is 30.3 Å². The van der Waals surface area contributed by atoms with Gasteiger partial charge >= 0.3 is 5.97 Å². The quantitative estimate of drug-likeness (QED) is 0.914. The predicted molar refractivity (Wildman–Crippen MR) is 72.1 cm³/mol. The molecule has 0 aliphatic rings. The minimum atomic E-state index is -1.05. The molecule has 18 heavy (non-hydrogen) atoms. The van der Waals surface area contributed by atoms with E-state index in [2.05, 4.69) is 0 Å². The summed E-state index contributed by atoms with van der Waals surface area (Å²) in [6, 6.07) is 8.01. The first-order valence-corrected chi connectivity index (χ1v) is 6.53. The van der Waals surface area contributed by atoms with E-state index in [1.807, 2.05) is 6.07 Å². The lowest BCUT2D eigenvalue weighted by molar-refractivity contribution is 0.0692. The molecule has 0 spiro atoms. The summed E-state index contributed by atoms with van der Waals surface area (Å²) in [5.74, 6) is -0.801. The maximum atomic E-state index is 11.0. The van der Waals surface area contributed by atoms with Gasteiger partial charge in [0.2, 0.25) is 0 Å². The lowest BCUT2D eigenvalue weighted by atomic mass is 10.2. The first-order valence-electron chi connectivity index (χ1n) is 4.96. The zero-order chi connectivity index (χ0) is 13.1. The number of hydrogen-bond acceptors (Lipinski definition) is 3. The third kappa shape index (κ3) is 3.16. The van der Waals surface area contributed by atoms with E-state index in [0.717, 1.165) is 4.88 Å². The van der Waals surface area contributed by atoms with E-state index in [9.17, 15) is 4.79 Å². The molecular formula is C12H8Cl2O3S. The van der Waals surface area contributed by atoms with E-state index in [-0.39, 0.29) is 17.9 Å². The van der Waals surface area contributed by atoms with E-state index >= 15 is 0 Å². The normalized spacial score (nSPS) is 10.3. The third-order valence-electron chi connectivity index (χ3n) is 2.17. The summed E-state index contributed by atoms with van der Waals surface area (Å²) >= 11 is 13.0. The van der Waals surface area contributed by atoms with E-state index in [1.54, 1.807) is 6.07 Å². The van der Waals surface area contributed by atoms with Crippen LogP contribution in [0.25, 0.3) is 0 Å². The van der Waals surface area contributed by atoms with Crippen molar-refractivity contribution in [2.75, 3.05) is 0 Å². The number of carboxylic acids is 1. The summed E-state index contributed by atoms with van der Waals surface area (Å²) < 4.78 is 6.13. The molecule has 94 valence electrons. The zero-order valence-corrected chi connectivity index (χ0v) is 11.4. The van der Waals surface area contributed by atoms with E-state index in [4.69, 9.17) is 33.0 Å². The topological polar surface area (TPSA) is 46.5 Å². The molecule has 3 nitrogen and oxygen atoms in total. The van der Waals surface area contributed by atoms with Gasteiger partial charge < -0.3 is 9.84 Å². The number of rotatable bonds is 4.